The standard InChI is InChI=1S/C11H6Br2FNO2/c12-8-4-7(14)1-2-9(8)15-11(16)6-3-10(13)17-5-6/h1-5H,(H,15,16). The van der Waals surface area contributed by atoms with E-state index in [1.54, 1.807) is 6.07 Å². The molecule has 0 aliphatic heterocycles. The second-order valence-electron chi connectivity index (χ2n) is 3.22. The van der Waals surface area contributed by atoms with Gasteiger partial charge in [0, 0.05) is 10.5 Å². The molecule has 2 rings (SSSR count). The Bertz CT molecular complexity index is 568. The van der Waals surface area contributed by atoms with Crippen LogP contribution in [0.1, 0.15) is 10.4 Å². The topological polar surface area (TPSA) is 42.2 Å². The molecule has 1 aromatic heterocycles. The number of carbonyl (C=O) groups is 1. The molecule has 0 unspecified atom stereocenters. The number of amides is 1. The fourth-order valence-electron chi connectivity index (χ4n) is 1.21. The maximum absolute atomic E-state index is 12.8. The van der Waals surface area contributed by atoms with E-state index < -0.39 is 0 Å². The van der Waals surface area contributed by atoms with Crippen LogP contribution in [0.3, 0.4) is 0 Å². The number of hydrogen-bond donors (Lipinski definition) is 1. The summed E-state index contributed by atoms with van der Waals surface area (Å²) in [5, 5.41) is 2.63. The Balaban J connectivity index is 2.18. The number of carbonyl (C=O) groups excluding carboxylic acids is 1. The van der Waals surface area contributed by atoms with E-state index in [0.717, 1.165) is 0 Å². The third kappa shape index (κ3) is 2.95. The van der Waals surface area contributed by atoms with Crippen LogP contribution >= 0.6 is 31.9 Å². The van der Waals surface area contributed by atoms with Crippen LogP contribution in [0, 0.1) is 5.82 Å². The lowest BCUT2D eigenvalue weighted by atomic mass is 10.2. The third-order valence-electron chi connectivity index (χ3n) is 2.01. The van der Waals surface area contributed by atoms with Crippen molar-refractivity contribution in [2.75, 3.05) is 5.32 Å². The van der Waals surface area contributed by atoms with Gasteiger partial charge in [0.05, 0.1) is 11.3 Å². The van der Waals surface area contributed by atoms with Gasteiger partial charge >= 0.3 is 0 Å². The van der Waals surface area contributed by atoms with Crippen LogP contribution < -0.4 is 5.32 Å². The molecule has 2 aromatic rings. The Morgan fingerprint density at radius 3 is 2.65 bits per heavy atom. The minimum Gasteiger partial charge on any atom is -0.457 e. The molecular formula is C11H6Br2FNO2. The van der Waals surface area contributed by atoms with E-state index in [0.29, 0.717) is 20.4 Å². The molecule has 0 radical (unpaired) electrons. The van der Waals surface area contributed by atoms with E-state index in [9.17, 15) is 9.18 Å². The smallest absolute Gasteiger partial charge is 0.258 e. The van der Waals surface area contributed by atoms with Crippen molar-refractivity contribution in [1.29, 1.82) is 0 Å². The first-order valence-corrected chi connectivity index (χ1v) is 6.15. The second-order valence-corrected chi connectivity index (χ2v) is 4.85. The first kappa shape index (κ1) is 12.3. The summed E-state index contributed by atoms with van der Waals surface area (Å²) >= 11 is 6.27. The predicted octanol–water partition coefficient (Wildman–Crippen LogP) is 4.20. The molecule has 0 spiro atoms. The van der Waals surface area contributed by atoms with Gasteiger partial charge in [-0.3, -0.25) is 4.79 Å². The van der Waals surface area contributed by atoms with Crippen LogP contribution in [0.2, 0.25) is 0 Å². The van der Waals surface area contributed by atoms with E-state index in [2.05, 4.69) is 37.2 Å². The zero-order chi connectivity index (χ0) is 12.4. The Hall–Kier alpha value is -1.14. The van der Waals surface area contributed by atoms with E-state index in [1.807, 2.05) is 0 Å². The van der Waals surface area contributed by atoms with Gasteiger partial charge in [-0.15, -0.1) is 0 Å². The van der Waals surface area contributed by atoms with Crippen LogP contribution in [-0.4, -0.2) is 5.91 Å². The zero-order valence-corrected chi connectivity index (χ0v) is 11.5. The van der Waals surface area contributed by atoms with Crippen molar-refractivity contribution in [2.24, 2.45) is 0 Å². The number of benzene rings is 1. The molecular weight excluding hydrogens is 357 g/mol. The first-order chi connectivity index (χ1) is 8.06. The van der Waals surface area contributed by atoms with Crippen molar-refractivity contribution in [3.8, 4) is 0 Å². The van der Waals surface area contributed by atoms with Crippen LogP contribution in [-0.2, 0) is 0 Å². The molecule has 0 aliphatic carbocycles. The molecule has 6 heteroatoms. The largest absolute Gasteiger partial charge is 0.457 e. The van der Waals surface area contributed by atoms with Crippen LogP contribution in [0.4, 0.5) is 10.1 Å². The average Bonchev–Trinajstić information content (AvgIpc) is 2.69. The van der Waals surface area contributed by atoms with Gasteiger partial charge in [0.15, 0.2) is 4.67 Å². The summed E-state index contributed by atoms with van der Waals surface area (Å²) in [6.45, 7) is 0. The Labute approximate surface area is 113 Å². The molecule has 88 valence electrons. The fourth-order valence-corrected chi connectivity index (χ4v) is 2.00. The summed E-state index contributed by atoms with van der Waals surface area (Å²) in [6, 6.07) is 5.58. The maximum atomic E-state index is 12.8. The summed E-state index contributed by atoms with van der Waals surface area (Å²) in [5.74, 6) is -0.701. The lowest BCUT2D eigenvalue weighted by molar-refractivity contribution is 0.102. The molecule has 1 N–H and O–H groups in total. The van der Waals surface area contributed by atoms with Gasteiger partial charge in [-0.2, -0.15) is 0 Å². The van der Waals surface area contributed by atoms with E-state index in [-0.39, 0.29) is 11.7 Å². The molecule has 0 atom stereocenters. The molecule has 1 aromatic carbocycles. The summed E-state index contributed by atoms with van der Waals surface area (Å²) in [4.78, 5) is 11.8. The van der Waals surface area contributed by atoms with Gasteiger partial charge in [-0.05, 0) is 50.1 Å². The zero-order valence-electron chi connectivity index (χ0n) is 8.34. The molecule has 0 bridgehead atoms. The van der Waals surface area contributed by atoms with Crippen molar-refractivity contribution in [2.45, 2.75) is 0 Å². The number of furan rings is 1. The predicted molar refractivity (Wildman–Crippen MR) is 68.5 cm³/mol. The maximum Gasteiger partial charge on any atom is 0.258 e. The molecule has 1 heterocycles. The van der Waals surface area contributed by atoms with Crippen molar-refractivity contribution < 1.29 is 13.6 Å². The Morgan fingerprint density at radius 2 is 2.06 bits per heavy atom. The summed E-state index contributed by atoms with van der Waals surface area (Å²) < 4.78 is 18.8. The number of halogens is 3. The molecule has 0 aliphatic rings. The average molecular weight is 363 g/mol. The highest BCUT2D eigenvalue weighted by atomic mass is 79.9. The quantitative estimate of drug-likeness (QED) is 0.870. The molecule has 0 saturated heterocycles. The molecule has 1 amide bonds. The summed E-state index contributed by atoms with van der Waals surface area (Å²) in [6.07, 6.45) is 1.33. The Kier molecular flexibility index (Phi) is 3.63. The SMILES string of the molecule is O=C(Nc1ccc(F)cc1Br)c1coc(Br)c1. The Morgan fingerprint density at radius 1 is 1.29 bits per heavy atom. The number of rotatable bonds is 2. The summed E-state index contributed by atoms with van der Waals surface area (Å²) in [7, 11) is 0. The number of nitrogens with one attached hydrogen (secondary N) is 1. The van der Waals surface area contributed by atoms with Crippen LogP contribution in [0.25, 0.3) is 0 Å². The normalized spacial score (nSPS) is 10.3. The molecule has 17 heavy (non-hydrogen) atoms. The minimum absolute atomic E-state index is 0.327. The van der Waals surface area contributed by atoms with Gasteiger partial charge in [0.2, 0.25) is 0 Å². The van der Waals surface area contributed by atoms with E-state index >= 15 is 0 Å². The van der Waals surface area contributed by atoms with E-state index in [1.165, 1.54) is 24.5 Å². The monoisotopic (exact) mass is 361 g/mol. The van der Waals surface area contributed by atoms with E-state index in [4.69, 9.17) is 4.42 Å². The summed E-state index contributed by atoms with van der Waals surface area (Å²) in [5.41, 5.74) is 0.877. The van der Waals surface area contributed by atoms with Gasteiger partial charge in [-0.25, -0.2) is 4.39 Å². The number of anilines is 1. The second kappa shape index (κ2) is 5.01. The van der Waals surface area contributed by atoms with Gasteiger partial charge < -0.3 is 9.73 Å². The van der Waals surface area contributed by atoms with Crippen LogP contribution in [0.15, 0.2) is 44.1 Å². The fraction of sp³-hybridized carbons (Fsp3) is 0. The van der Waals surface area contributed by atoms with Crippen molar-refractivity contribution in [1.82, 2.24) is 0 Å². The van der Waals surface area contributed by atoms with Crippen molar-refractivity contribution in [3.05, 3.63) is 51.1 Å². The first-order valence-electron chi connectivity index (χ1n) is 4.56. The van der Waals surface area contributed by atoms with Gasteiger partial charge in [-0.1, -0.05) is 0 Å². The lowest BCUT2D eigenvalue weighted by Crippen LogP contribution is -2.11. The molecule has 0 fully saturated rings. The molecule has 0 saturated carbocycles. The third-order valence-corrected chi connectivity index (χ3v) is 3.08. The lowest BCUT2D eigenvalue weighted by Gasteiger charge is -2.05. The van der Waals surface area contributed by atoms with Gasteiger partial charge in [0.25, 0.3) is 5.91 Å². The van der Waals surface area contributed by atoms with Crippen molar-refractivity contribution in [3.63, 3.8) is 0 Å². The van der Waals surface area contributed by atoms with Gasteiger partial charge in [0.1, 0.15) is 12.1 Å². The molecule has 3 nitrogen and oxygen atoms in total. The highest BCUT2D eigenvalue weighted by molar-refractivity contribution is 9.10. The number of hydrogen-bond acceptors (Lipinski definition) is 2. The highest BCUT2D eigenvalue weighted by Gasteiger charge is 2.11. The minimum atomic E-state index is -0.374. The highest BCUT2D eigenvalue weighted by Crippen LogP contribution is 2.24. The van der Waals surface area contributed by atoms with Crippen LogP contribution in [0.5, 0.6) is 0 Å². The van der Waals surface area contributed by atoms with Crippen molar-refractivity contribution >= 4 is 43.5 Å².